The molecular weight excluding hydrogens is 334 g/mol. The Morgan fingerprint density at radius 3 is 1.88 bits per heavy atom. The van der Waals surface area contributed by atoms with Crippen molar-refractivity contribution in [1.82, 2.24) is 5.32 Å². The van der Waals surface area contributed by atoms with Gasteiger partial charge < -0.3 is 5.32 Å². The second-order valence-corrected chi connectivity index (χ2v) is 5.99. The van der Waals surface area contributed by atoms with Crippen LogP contribution in [0, 0.1) is 0 Å². The van der Waals surface area contributed by atoms with E-state index in [-0.39, 0.29) is 11.7 Å². The number of carbonyl (C=O) groups is 2. The maximum absolute atomic E-state index is 13.0. The maximum Gasteiger partial charge on any atom is 0.252 e. The van der Waals surface area contributed by atoms with E-state index in [9.17, 15) is 9.59 Å². The summed E-state index contributed by atoms with van der Waals surface area (Å²) in [5, 5.41) is 3.40. The number of amides is 1. The maximum atomic E-state index is 13.0. The number of ketones is 1. The molecule has 25 heavy (non-hydrogen) atoms. The summed E-state index contributed by atoms with van der Waals surface area (Å²) in [7, 11) is 0. The first-order valence-electron chi connectivity index (χ1n) is 7.86. The van der Waals surface area contributed by atoms with Crippen molar-refractivity contribution in [2.45, 2.75) is 6.04 Å². The first-order chi connectivity index (χ1) is 12.1. The van der Waals surface area contributed by atoms with Crippen molar-refractivity contribution in [3.63, 3.8) is 0 Å². The topological polar surface area (TPSA) is 46.2 Å². The molecule has 0 bridgehead atoms. The van der Waals surface area contributed by atoms with Crippen LogP contribution in [0.3, 0.4) is 0 Å². The number of nitrogens with one attached hydrogen (secondary N) is 1. The predicted octanol–water partition coefficient (Wildman–Crippen LogP) is 4.69. The Kier molecular flexibility index (Phi) is 5.26. The Morgan fingerprint density at radius 1 is 0.720 bits per heavy atom. The van der Waals surface area contributed by atoms with Crippen LogP contribution in [0.4, 0.5) is 0 Å². The van der Waals surface area contributed by atoms with Crippen molar-refractivity contribution < 1.29 is 9.59 Å². The molecule has 1 N–H and O–H groups in total. The van der Waals surface area contributed by atoms with Crippen LogP contribution in [-0.4, -0.2) is 11.7 Å². The van der Waals surface area contributed by atoms with Crippen LogP contribution in [0.15, 0.2) is 84.9 Å². The van der Waals surface area contributed by atoms with Gasteiger partial charge in [-0.15, -0.1) is 0 Å². The Hall–Kier alpha value is -2.91. The summed E-state index contributed by atoms with van der Waals surface area (Å²) in [5.41, 5.74) is 1.73. The Bertz CT molecular complexity index is 861. The highest BCUT2D eigenvalue weighted by molar-refractivity contribution is 6.30. The molecule has 3 rings (SSSR count). The summed E-state index contributed by atoms with van der Waals surface area (Å²) in [5.74, 6) is -0.482. The molecule has 0 unspecified atom stereocenters. The fraction of sp³-hybridized carbons (Fsp3) is 0.0476. The highest BCUT2D eigenvalue weighted by Crippen LogP contribution is 2.20. The molecule has 0 aliphatic heterocycles. The zero-order chi connectivity index (χ0) is 17.6. The van der Waals surface area contributed by atoms with Gasteiger partial charge in [-0.05, 0) is 42.0 Å². The van der Waals surface area contributed by atoms with Crippen LogP contribution in [0.5, 0.6) is 0 Å². The van der Waals surface area contributed by atoms with Gasteiger partial charge in [0.25, 0.3) is 5.91 Å². The molecule has 0 aromatic heterocycles. The fourth-order valence-electron chi connectivity index (χ4n) is 2.53. The zero-order valence-electron chi connectivity index (χ0n) is 13.4. The number of benzene rings is 3. The summed E-state index contributed by atoms with van der Waals surface area (Å²) < 4.78 is 0. The van der Waals surface area contributed by atoms with E-state index in [1.54, 1.807) is 48.5 Å². The van der Waals surface area contributed by atoms with Gasteiger partial charge in [0.1, 0.15) is 6.04 Å². The normalized spacial score (nSPS) is 11.6. The molecule has 3 aromatic rings. The molecule has 0 fully saturated rings. The third-order valence-corrected chi connectivity index (χ3v) is 4.09. The first-order valence-corrected chi connectivity index (χ1v) is 8.23. The van der Waals surface area contributed by atoms with E-state index in [1.165, 1.54) is 0 Å². The summed E-state index contributed by atoms with van der Waals surface area (Å²) in [6, 6.07) is 23.9. The monoisotopic (exact) mass is 349 g/mol. The number of halogens is 1. The summed E-state index contributed by atoms with van der Waals surface area (Å²) in [6.07, 6.45) is 0. The second-order valence-electron chi connectivity index (χ2n) is 5.55. The summed E-state index contributed by atoms with van der Waals surface area (Å²) in [6.45, 7) is 0. The fourth-order valence-corrected chi connectivity index (χ4v) is 2.66. The third kappa shape index (κ3) is 4.14. The van der Waals surface area contributed by atoms with Crippen molar-refractivity contribution in [2.75, 3.05) is 0 Å². The largest absolute Gasteiger partial charge is 0.338 e. The molecule has 4 heteroatoms. The van der Waals surface area contributed by atoms with Gasteiger partial charge in [0.15, 0.2) is 5.78 Å². The Balaban J connectivity index is 1.91. The van der Waals surface area contributed by atoms with Crippen molar-refractivity contribution in [1.29, 1.82) is 0 Å². The van der Waals surface area contributed by atoms with Crippen LogP contribution in [0.2, 0.25) is 5.02 Å². The van der Waals surface area contributed by atoms with E-state index in [0.717, 1.165) is 5.56 Å². The minimum Gasteiger partial charge on any atom is -0.338 e. The summed E-state index contributed by atoms with van der Waals surface area (Å²) in [4.78, 5) is 25.5. The van der Waals surface area contributed by atoms with E-state index in [4.69, 9.17) is 11.6 Å². The van der Waals surface area contributed by atoms with Crippen molar-refractivity contribution in [3.8, 4) is 0 Å². The minimum atomic E-state index is -0.768. The number of rotatable bonds is 5. The molecule has 3 aromatic carbocycles. The van der Waals surface area contributed by atoms with Gasteiger partial charge in [-0.25, -0.2) is 0 Å². The van der Waals surface area contributed by atoms with Crippen molar-refractivity contribution >= 4 is 23.3 Å². The highest BCUT2D eigenvalue weighted by Gasteiger charge is 2.24. The molecule has 0 aliphatic rings. The molecule has 0 radical (unpaired) electrons. The molecule has 3 nitrogen and oxygen atoms in total. The van der Waals surface area contributed by atoms with E-state index >= 15 is 0 Å². The molecule has 0 saturated heterocycles. The van der Waals surface area contributed by atoms with Gasteiger partial charge in [-0.3, -0.25) is 9.59 Å². The Labute approximate surface area is 151 Å². The minimum absolute atomic E-state index is 0.188. The van der Waals surface area contributed by atoms with Gasteiger partial charge >= 0.3 is 0 Å². The van der Waals surface area contributed by atoms with Crippen LogP contribution >= 0.6 is 11.6 Å². The van der Waals surface area contributed by atoms with Crippen LogP contribution in [0.25, 0.3) is 0 Å². The average molecular weight is 350 g/mol. The van der Waals surface area contributed by atoms with E-state index < -0.39 is 6.04 Å². The van der Waals surface area contributed by atoms with Gasteiger partial charge in [0.05, 0.1) is 0 Å². The number of hydrogen-bond donors (Lipinski definition) is 1. The van der Waals surface area contributed by atoms with Gasteiger partial charge in [0.2, 0.25) is 0 Å². The molecule has 0 saturated carbocycles. The Morgan fingerprint density at radius 2 is 1.28 bits per heavy atom. The molecule has 0 heterocycles. The lowest BCUT2D eigenvalue weighted by Crippen LogP contribution is -2.34. The van der Waals surface area contributed by atoms with Crippen LogP contribution in [-0.2, 0) is 0 Å². The van der Waals surface area contributed by atoms with Crippen molar-refractivity contribution in [2.24, 2.45) is 0 Å². The van der Waals surface area contributed by atoms with Crippen LogP contribution < -0.4 is 5.32 Å². The van der Waals surface area contributed by atoms with Crippen molar-refractivity contribution in [3.05, 3.63) is 107 Å². The molecule has 1 atom stereocenters. The quantitative estimate of drug-likeness (QED) is 0.679. The van der Waals surface area contributed by atoms with E-state index in [1.807, 2.05) is 36.4 Å². The standard InChI is InChI=1S/C21H16ClNO2/c22-18-13-11-16(12-14-18)20(24)19(15-7-3-1-4-8-15)23-21(25)17-9-5-2-6-10-17/h1-14,19H,(H,23,25)/t19-/m0/s1. The van der Waals surface area contributed by atoms with E-state index in [0.29, 0.717) is 16.1 Å². The first kappa shape index (κ1) is 16.9. The molecule has 1 amide bonds. The van der Waals surface area contributed by atoms with Gasteiger partial charge in [-0.1, -0.05) is 60.1 Å². The lowest BCUT2D eigenvalue weighted by atomic mass is 9.97. The van der Waals surface area contributed by atoms with Gasteiger partial charge in [0, 0.05) is 16.1 Å². The number of carbonyl (C=O) groups excluding carboxylic acids is 2. The zero-order valence-corrected chi connectivity index (χ0v) is 14.1. The lowest BCUT2D eigenvalue weighted by Gasteiger charge is -2.18. The number of hydrogen-bond acceptors (Lipinski definition) is 2. The molecule has 0 spiro atoms. The van der Waals surface area contributed by atoms with Gasteiger partial charge in [-0.2, -0.15) is 0 Å². The average Bonchev–Trinajstić information content (AvgIpc) is 2.67. The summed E-state index contributed by atoms with van der Waals surface area (Å²) >= 11 is 5.90. The number of Topliss-reactive ketones (excluding diaryl/α,β-unsaturated/α-hetero) is 1. The highest BCUT2D eigenvalue weighted by atomic mass is 35.5. The second kappa shape index (κ2) is 7.77. The SMILES string of the molecule is O=C(N[C@H](C(=O)c1ccc(Cl)cc1)c1ccccc1)c1ccccc1. The lowest BCUT2D eigenvalue weighted by molar-refractivity contribution is 0.0857. The van der Waals surface area contributed by atoms with E-state index in [2.05, 4.69) is 5.32 Å². The third-order valence-electron chi connectivity index (χ3n) is 3.84. The molecule has 124 valence electrons. The van der Waals surface area contributed by atoms with Crippen LogP contribution in [0.1, 0.15) is 32.3 Å². The molecule has 0 aliphatic carbocycles. The predicted molar refractivity (Wildman–Crippen MR) is 98.9 cm³/mol. The molecular formula is C21H16ClNO2. The smallest absolute Gasteiger partial charge is 0.252 e.